The van der Waals surface area contributed by atoms with Crippen molar-refractivity contribution >= 4 is 27.3 Å². The summed E-state index contributed by atoms with van der Waals surface area (Å²) >= 11 is 0. The molecule has 2 radical (unpaired) electrons. The highest BCUT2D eigenvalue weighted by atomic mass is 28.4. The van der Waals surface area contributed by atoms with Gasteiger partial charge in [0, 0.05) is 12.2 Å². The van der Waals surface area contributed by atoms with E-state index >= 15 is 0 Å². The van der Waals surface area contributed by atoms with Gasteiger partial charge in [0.2, 0.25) is 0 Å². The van der Waals surface area contributed by atoms with Crippen molar-refractivity contribution in [3.63, 3.8) is 0 Å². The minimum absolute atomic E-state index is 0.272. The Morgan fingerprint density at radius 1 is 1.17 bits per heavy atom. The minimum Gasteiger partial charge on any atom is -0.415 e. The lowest BCUT2D eigenvalue weighted by molar-refractivity contribution is 0.301. The van der Waals surface area contributed by atoms with Crippen LogP contribution in [-0.4, -0.2) is 29.3 Å². The van der Waals surface area contributed by atoms with Crippen molar-refractivity contribution in [3.05, 3.63) is 24.3 Å². The summed E-state index contributed by atoms with van der Waals surface area (Å²) in [5, 5.41) is 3.61. The molecule has 18 heavy (non-hydrogen) atoms. The standard InChI is InChI=1S/C14H24BNOSi/c1-14(2,3)18(4,5)17-11-10-16-13-8-6-12(15)7-9-13/h6-9,16H,10-11H2,1-5H3. The van der Waals surface area contributed by atoms with Crippen LogP contribution in [0.4, 0.5) is 5.69 Å². The molecule has 0 saturated heterocycles. The lowest BCUT2D eigenvalue weighted by Crippen LogP contribution is -2.41. The highest BCUT2D eigenvalue weighted by Gasteiger charge is 2.36. The summed E-state index contributed by atoms with van der Waals surface area (Å²) in [7, 11) is 4.03. The summed E-state index contributed by atoms with van der Waals surface area (Å²) in [5.74, 6) is 0. The summed E-state index contributed by atoms with van der Waals surface area (Å²) in [4.78, 5) is 0. The maximum absolute atomic E-state index is 6.09. The van der Waals surface area contributed by atoms with E-state index in [2.05, 4.69) is 39.2 Å². The average Bonchev–Trinajstić information content (AvgIpc) is 2.25. The van der Waals surface area contributed by atoms with E-state index in [4.69, 9.17) is 12.3 Å². The summed E-state index contributed by atoms with van der Waals surface area (Å²) in [6.07, 6.45) is 0. The number of rotatable bonds is 5. The molecule has 0 aliphatic heterocycles. The second-order valence-electron chi connectivity index (χ2n) is 6.16. The van der Waals surface area contributed by atoms with Gasteiger partial charge in [0.05, 0.1) is 6.61 Å². The lowest BCUT2D eigenvalue weighted by atomic mass is 9.96. The Bertz CT molecular complexity index is 370. The molecule has 0 unspecified atom stereocenters. The first kappa shape index (κ1) is 15.3. The number of hydrogen-bond donors (Lipinski definition) is 1. The zero-order valence-corrected chi connectivity index (χ0v) is 13.2. The van der Waals surface area contributed by atoms with Crippen molar-refractivity contribution in [1.29, 1.82) is 0 Å². The first-order valence-electron chi connectivity index (χ1n) is 6.46. The fraction of sp³-hybridized carbons (Fsp3) is 0.571. The van der Waals surface area contributed by atoms with Crippen LogP contribution in [0, 0.1) is 0 Å². The van der Waals surface area contributed by atoms with Crippen molar-refractivity contribution in [1.82, 2.24) is 0 Å². The molecule has 1 aromatic carbocycles. The van der Waals surface area contributed by atoms with Gasteiger partial charge in [-0.15, -0.1) is 0 Å². The van der Waals surface area contributed by atoms with Gasteiger partial charge in [-0.3, -0.25) is 0 Å². The predicted molar refractivity (Wildman–Crippen MR) is 83.5 cm³/mol. The predicted octanol–water partition coefficient (Wildman–Crippen LogP) is 2.91. The third-order valence-corrected chi connectivity index (χ3v) is 8.15. The zero-order chi connectivity index (χ0) is 13.8. The molecule has 0 bridgehead atoms. The molecule has 98 valence electrons. The van der Waals surface area contributed by atoms with Gasteiger partial charge in [0.1, 0.15) is 7.85 Å². The van der Waals surface area contributed by atoms with E-state index in [0.29, 0.717) is 0 Å². The molecule has 0 saturated carbocycles. The first-order chi connectivity index (χ1) is 8.22. The Kier molecular flexibility index (Phi) is 5.05. The molecule has 0 atom stereocenters. The molecular formula is C14H24BNOSi. The van der Waals surface area contributed by atoms with Crippen LogP contribution in [0.5, 0.6) is 0 Å². The molecule has 2 nitrogen and oxygen atoms in total. The number of benzene rings is 1. The largest absolute Gasteiger partial charge is 0.415 e. The van der Waals surface area contributed by atoms with Gasteiger partial charge in [-0.05, 0) is 30.3 Å². The highest BCUT2D eigenvalue weighted by molar-refractivity contribution is 6.74. The molecule has 1 rings (SSSR count). The molecule has 1 aromatic rings. The van der Waals surface area contributed by atoms with Crippen molar-refractivity contribution in [3.8, 4) is 0 Å². The van der Waals surface area contributed by atoms with Gasteiger partial charge in [-0.2, -0.15) is 0 Å². The summed E-state index contributed by atoms with van der Waals surface area (Å²) in [6.45, 7) is 12.9. The van der Waals surface area contributed by atoms with Crippen molar-refractivity contribution in [2.75, 3.05) is 18.5 Å². The highest BCUT2D eigenvalue weighted by Crippen LogP contribution is 2.36. The monoisotopic (exact) mass is 261 g/mol. The Balaban J connectivity index is 2.33. The fourth-order valence-corrected chi connectivity index (χ4v) is 2.36. The summed E-state index contributed by atoms with van der Waals surface area (Å²) in [6, 6.07) is 7.78. The van der Waals surface area contributed by atoms with Crippen LogP contribution < -0.4 is 10.8 Å². The van der Waals surface area contributed by atoms with Crippen LogP contribution >= 0.6 is 0 Å². The van der Waals surface area contributed by atoms with E-state index in [9.17, 15) is 0 Å². The minimum atomic E-state index is -1.61. The average molecular weight is 261 g/mol. The molecule has 0 fully saturated rings. The van der Waals surface area contributed by atoms with Gasteiger partial charge in [0.25, 0.3) is 0 Å². The van der Waals surface area contributed by atoms with E-state index in [1.54, 1.807) is 0 Å². The van der Waals surface area contributed by atoms with Crippen LogP contribution in [0.1, 0.15) is 20.8 Å². The second-order valence-corrected chi connectivity index (χ2v) is 11.0. The third kappa shape index (κ3) is 4.50. The number of hydrogen-bond acceptors (Lipinski definition) is 2. The number of anilines is 1. The van der Waals surface area contributed by atoms with Gasteiger partial charge in [0.15, 0.2) is 8.32 Å². The molecule has 1 N–H and O–H groups in total. The van der Waals surface area contributed by atoms with Crippen molar-refractivity contribution < 1.29 is 4.43 Å². The van der Waals surface area contributed by atoms with Crippen LogP contribution in [0.3, 0.4) is 0 Å². The molecule has 0 aromatic heterocycles. The quantitative estimate of drug-likeness (QED) is 0.650. The third-order valence-electron chi connectivity index (χ3n) is 3.61. The number of nitrogens with one attached hydrogen (secondary N) is 1. The second kappa shape index (κ2) is 5.94. The molecule has 0 aliphatic carbocycles. The summed E-state index contributed by atoms with van der Waals surface area (Å²) < 4.78 is 6.09. The van der Waals surface area contributed by atoms with Gasteiger partial charge >= 0.3 is 0 Å². The molecule has 0 amide bonds. The molecule has 4 heteroatoms. The molecular weight excluding hydrogens is 237 g/mol. The van der Waals surface area contributed by atoms with E-state index in [-0.39, 0.29) is 5.04 Å². The topological polar surface area (TPSA) is 21.3 Å². The van der Waals surface area contributed by atoms with E-state index < -0.39 is 8.32 Å². The molecule has 0 aliphatic rings. The van der Waals surface area contributed by atoms with E-state index in [1.165, 1.54) is 0 Å². The van der Waals surface area contributed by atoms with Crippen molar-refractivity contribution in [2.45, 2.75) is 38.9 Å². The van der Waals surface area contributed by atoms with Gasteiger partial charge in [-0.25, -0.2) is 0 Å². The molecule has 0 heterocycles. The first-order valence-corrected chi connectivity index (χ1v) is 9.36. The van der Waals surface area contributed by atoms with Crippen LogP contribution in [0.2, 0.25) is 18.1 Å². The van der Waals surface area contributed by atoms with Crippen LogP contribution in [0.25, 0.3) is 0 Å². The Hall–Kier alpha value is -0.738. The van der Waals surface area contributed by atoms with Crippen LogP contribution in [0.15, 0.2) is 24.3 Å². The van der Waals surface area contributed by atoms with E-state index in [0.717, 1.165) is 24.3 Å². The SMILES string of the molecule is [B]c1ccc(NCCO[Si](C)(C)C(C)(C)C)cc1. The Morgan fingerprint density at radius 3 is 2.22 bits per heavy atom. The molecule has 0 spiro atoms. The Labute approximate surface area is 114 Å². The maximum Gasteiger partial charge on any atom is 0.192 e. The van der Waals surface area contributed by atoms with E-state index in [1.807, 2.05) is 24.3 Å². The van der Waals surface area contributed by atoms with Crippen LogP contribution in [-0.2, 0) is 4.43 Å². The van der Waals surface area contributed by atoms with Crippen molar-refractivity contribution in [2.24, 2.45) is 0 Å². The van der Waals surface area contributed by atoms with Gasteiger partial charge < -0.3 is 9.74 Å². The maximum atomic E-state index is 6.09. The zero-order valence-electron chi connectivity index (χ0n) is 12.2. The fourth-order valence-electron chi connectivity index (χ4n) is 1.32. The smallest absolute Gasteiger partial charge is 0.192 e. The normalized spacial score (nSPS) is 12.5. The lowest BCUT2D eigenvalue weighted by Gasteiger charge is -2.36. The van der Waals surface area contributed by atoms with Gasteiger partial charge in [-0.1, -0.05) is 38.4 Å². The Morgan fingerprint density at radius 2 is 1.72 bits per heavy atom. The summed E-state index contributed by atoms with van der Waals surface area (Å²) in [5.41, 5.74) is 1.88.